The highest BCUT2D eigenvalue weighted by atomic mass is 16.5. The molecule has 1 aromatic carbocycles. The first-order chi connectivity index (χ1) is 14.5. The second-order valence-electron chi connectivity index (χ2n) is 7.46. The van der Waals surface area contributed by atoms with E-state index >= 15 is 0 Å². The maximum absolute atomic E-state index is 13.2. The van der Waals surface area contributed by atoms with Crippen LogP contribution in [0.1, 0.15) is 47.0 Å². The standard InChI is InChI=1S/C22H23N3O5/c1-14-16(17-19(29-14)23-13-24(2)20(17)26)22(28)30-18(15-9-5-3-6-10-15)21(27)25-11-7-4-8-12-25/h3,5-6,9-10,13,18H,4,7-8,11-12H2,1-2H3. The van der Waals surface area contributed by atoms with Crippen molar-refractivity contribution in [3.05, 3.63) is 63.9 Å². The number of benzene rings is 1. The Kier molecular flexibility index (Phi) is 5.39. The van der Waals surface area contributed by atoms with Crippen molar-refractivity contribution >= 4 is 23.0 Å². The number of nitrogens with zero attached hydrogens (tertiary/aromatic N) is 3. The van der Waals surface area contributed by atoms with Crippen molar-refractivity contribution in [1.82, 2.24) is 14.5 Å². The second kappa shape index (κ2) is 8.14. The zero-order chi connectivity index (χ0) is 21.3. The minimum Gasteiger partial charge on any atom is -0.444 e. The third kappa shape index (κ3) is 3.60. The molecule has 1 saturated heterocycles. The summed E-state index contributed by atoms with van der Waals surface area (Å²) in [6.07, 6.45) is 3.16. The van der Waals surface area contributed by atoms with E-state index in [9.17, 15) is 14.4 Å². The number of hydrogen-bond acceptors (Lipinski definition) is 6. The molecule has 2 aromatic heterocycles. The van der Waals surface area contributed by atoms with Gasteiger partial charge in [-0.05, 0) is 26.2 Å². The third-order valence-corrected chi connectivity index (χ3v) is 5.37. The van der Waals surface area contributed by atoms with Crippen LogP contribution >= 0.6 is 0 Å². The van der Waals surface area contributed by atoms with E-state index in [-0.39, 0.29) is 28.3 Å². The van der Waals surface area contributed by atoms with Gasteiger partial charge in [0.15, 0.2) is 0 Å². The number of rotatable bonds is 4. The van der Waals surface area contributed by atoms with Gasteiger partial charge in [-0.3, -0.25) is 9.59 Å². The van der Waals surface area contributed by atoms with Gasteiger partial charge >= 0.3 is 5.97 Å². The smallest absolute Gasteiger partial charge is 0.343 e. The third-order valence-electron chi connectivity index (χ3n) is 5.37. The molecule has 8 nitrogen and oxygen atoms in total. The molecule has 1 fully saturated rings. The summed E-state index contributed by atoms with van der Waals surface area (Å²) in [6, 6.07) is 8.91. The number of carbonyl (C=O) groups excluding carboxylic acids is 2. The number of esters is 1. The quantitative estimate of drug-likeness (QED) is 0.615. The van der Waals surface area contributed by atoms with E-state index in [1.807, 2.05) is 6.07 Å². The van der Waals surface area contributed by atoms with Crippen molar-refractivity contribution < 1.29 is 18.7 Å². The Morgan fingerprint density at radius 1 is 1.13 bits per heavy atom. The monoisotopic (exact) mass is 409 g/mol. The number of aromatic nitrogens is 2. The number of carbonyl (C=O) groups is 2. The zero-order valence-corrected chi connectivity index (χ0v) is 17.0. The summed E-state index contributed by atoms with van der Waals surface area (Å²) in [5, 5.41) is 0.0553. The lowest BCUT2D eigenvalue weighted by molar-refractivity contribution is -0.142. The Morgan fingerprint density at radius 2 is 1.83 bits per heavy atom. The Labute approximate surface area is 173 Å². The number of aryl methyl sites for hydroxylation is 2. The molecule has 4 rings (SSSR count). The summed E-state index contributed by atoms with van der Waals surface area (Å²) in [5.41, 5.74) is 0.243. The molecule has 0 bridgehead atoms. The number of hydrogen-bond donors (Lipinski definition) is 0. The number of furan rings is 1. The minimum atomic E-state index is -1.10. The molecule has 3 aromatic rings. The van der Waals surface area contributed by atoms with Crippen molar-refractivity contribution in [2.75, 3.05) is 13.1 Å². The van der Waals surface area contributed by atoms with Crippen LogP contribution in [-0.2, 0) is 16.6 Å². The van der Waals surface area contributed by atoms with Crippen molar-refractivity contribution in [3.63, 3.8) is 0 Å². The summed E-state index contributed by atoms with van der Waals surface area (Å²) in [6.45, 7) is 2.84. The number of piperidine rings is 1. The summed E-state index contributed by atoms with van der Waals surface area (Å²) in [4.78, 5) is 44.7. The first kappa shape index (κ1) is 19.9. The van der Waals surface area contributed by atoms with Crippen LogP contribution in [0.15, 0.2) is 45.9 Å². The predicted molar refractivity (Wildman–Crippen MR) is 109 cm³/mol. The number of likely N-dealkylation sites (tertiary alicyclic amines) is 1. The molecule has 1 aliphatic heterocycles. The van der Waals surface area contributed by atoms with Gasteiger partial charge in [0.25, 0.3) is 11.5 Å². The maximum Gasteiger partial charge on any atom is 0.343 e. The molecular formula is C22H23N3O5. The molecule has 1 atom stereocenters. The molecule has 1 unspecified atom stereocenters. The van der Waals surface area contributed by atoms with Gasteiger partial charge in [0.2, 0.25) is 11.8 Å². The summed E-state index contributed by atoms with van der Waals surface area (Å²) in [7, 11) is 1.54. The Morgan fingerprint density at radius 3 is 2.53 bits per heavy atom. The number of amides is 1. The Hall–Kier alpha value is -3.42. The molecule has 0 radical (unpaired) electrons. The van der Waals surface area contributed by atoms with Crippen LogP contribution in [0.2, 0.25) is 0 Å². The first-order valence-corrected chi connectivity index (χ1v) is 9.97. The lowest BCUT2D eigenvalue weighted by Gasteiger charge is -2.30. The van der Waals surface area contributed by atoms with Gasteiger partial charge in [-0.2, -0.15) is 0 Å². The van der Waals surface area contributed by atoms with Crippen LogP contribution in [0.25, 0.3) is 11.1 Å². The lowest BCUT2D eigenvalue weighted by atomic mass is 10.1. The average molecular weight is 409 g/mol. The largest absolute Gasteiger partial charge is 0.444 e. The van der Waals surface area contributed by atoms with Gasteiger partial charge in [-0.15, -0.1) is 0 Å². The molecular weight excluding hydrogens is 386 g/mol. The summed E-state index contributed by atoms with van der Waals surface area (Å²) >= 11 is 0. The van der Waals surface area contributed by atoms with E-state index in [1.54, 1.807) is 43.1 Å². The van der Waals surface area contributed by atoms with Gasteiger partial charge < -0.3 is 18.6 Å². The number of ether oxygens (including phenoxy) is 1. The van der Waals surface area contributed by atoms with Crippen molar-refractivity contribution in [2.45, 2.75) is 32.3 Å². The van der Waals surface area contributed by atoms with Crippen LogP contribution in [0, 0.1) is 6.92 Å². The van der Waals surface area contributed by atoms with Crippen LogP contribution in [0.4, 0.5) is 0 Å². The van der Waals surface area contributed by atoms with Gasteiger partial charge in [-0.1, -0.05) is 30.3 Å². The molecule has 0 spiro atoms. The SMILES string of the molecule is Cc1oc2ncn(C)c(=O)c2c1C(=O)OC(C(=O)N1CCCCC1)c1ccccc1. The maximum atomic E-state index is 13.2. The molecule has 1 amide bonds. The normalized spacial score (nSPS) is 15.2. The summed E-state index contributed by atoms with van der Waals surface area (Å²) in [5.74, 6) is -0.815. The van der Waals surface area contributed by atoms with Crippen molar-refractivity contribution in [3.8, 4) is 0 Å². The molecule has 30 heavy (non-hydrogen) atoms. The zero-order valence-electron chi connectivity index (χ0n) is 17.0. The van der Waals surface area contributed by atoms with Crippen LogP contribution in [-0.4, -0.2) is 39.4 Å². The van der Waals surface area contributed by atoms with E-state index < -0.39 is 17.6 Å². The minimum absolute atomic E-state index is 0.00563. The van der Waals surface area contributed by atoms with E-state index in [0.717, 1.165) is 19.3 Å². The van der Waals surface area contributed by atoms with Gasteiger partial charge in [0.1, 0.15) is 23.0 Å². The van der Waals surface area contributed by atoms with E-state index in [4.69, 9.17) is 9.15 Å². The molecule has 1 aliphatic rings. The second-order valence-corrected chi connectivity index (χ2v) is 7.46. The van der Waals surface area contributed by atoms with Crippen molar-refractivity contribution in [1.29, 1.82) is 0 Å². The van der Waals surface area contributed by atoms with E-state index in [1.165, 1.54) is 10.9 Å². The fourth-order valence-electron chi connectivity index (χ4n) is 3.77. The summed E-state index contributed by atoms with van der Waals surface area (Å²) < 4.78 is 12.5. The van der Waals surface area contributed by atoms with Crippen LogP contribution in [0.3, 0.4) is 0 Å². The van der Waals surface area contributed by atoms with E-state index in [0.29, 0.717) is 18.7 Å². The molecule has 3 heterocycles. The fourth-order valence-corrected chi connectivity index (χ4v) is 3.77. The van der Waals surface area contributed by atoms with Crippen LogP contribution in [0.5, 0.6) is 0 Å². The molecule has 0 N–H and O–H groups in total. The molecule has 0 aliphatic carbocycles. The molecule has 0 saturated carbocycles. The predicted octanol–water partition coefficient (Wildman–Crippen LogP) is 2.75. The Balaban J connectivity index is 1.72. The van der Waals surface area contributed by atoms with Gasteiger partial charge in [-0.25, -0.2) is 9.78 Å². The van der Waals surface area contributed by atoms with Gasteiger partial charge in [0.05, 0.1) is 0 Å². The average Bonchev–Trinajstić information content (AvgIpc) is 3.12. The fraction of sp³-hybridized carbons (Fsp3) is 0.364. The highest BCUT2D eigenvalue weighted by Gasteiger charge is 2.33. The van der Waals surface area contributed by atoms with E-state index in [2.05, 4.69) is 4.98 Å². The highest BCUT2D eigenvalue weighted by molar-refractivity contribution is 6.04. The molecule has 8 heteroatoms. The van der Waals surface area contributed by atoms with Crippen molar-refractivity contribution in [2.24, 2.45) is 7.05 Å². The molecule has 156 valence electrons. The topological polar surface area (TPSA) is 94.6 Å². The Bertz CT molecular complexity index is 1140. The first-order valence-electron chi connectivity index (χ1n) is 9.97. The lowest BCUT2D eigenvalue weighted by Crippen LogP contribution is -2.40. The number of fused-ring (bicyclic) bond motifs is 1. The van der Waals surface area contributed by atoms with Crippen LogP contribution < -0.4 is 5.56 Å². The highest BCUT2D eigenvalue weighted by Crippen LogP contribution is 2.27. The van der Waals surface area contributed by atoms with Gasteiger partial charge in [0, 0.05) is 25.7 Å².